The van der Waals surface area contributed by atoms with Gasteiger partial charge in [0.05, 0.1) is 61.0 Å². The Morgan fingerprint density at radius 2 is 1.04 bits per heavy atom. The number of carbonyl (C=O) groups is 2. The zero-order chi connectivity index (χ0) is 59.5. The van der Waals surface area contributed by atoms with Crippen molar-refractivity contribution in [3.8, 4) is 69.0 Å². The number of piperidine rings is 2. The van der Waals surface area contributed by atoms with Crippen LogP contribution in [0.25, 0.3) is 56.1 Å². The fraction of sp³-hybridized carbons (Fsp3) is 0.397. The van der Waals surface area contributed by atoms with Gasteiger partial charge in [-0.3, -0.25) is 34.5 Å². The van der Waals surface area contributed by atoms with Crippen LogP contribution in [0.15, 0.2) is 94.5 Å². The van der Waals surface area contributed by atoms with Gasteiger partial charge in [-0.25, -0.2) is 0 Å². The van der Waals surface area contributed by atoms with Crippen LogP contribution in [0.2, 0.25) is 19.8 Å². The van der Waals surface area contributed by atoms with E-state index in [0.717, 1.165) is 101 Å². The number of nitriles is 2. The number of aromatic nitrogens is 6. The van der Waals surface area contributed by atoms with Crippen LogP contribution in [0, 0.1) is 22.7 Å². The third kappa shape index (κ3) is 14.4. The van der Waals surface area contributed by atoms with Crippen molar-refractivity contribution in [1.82, 2.24) is 39.7 Å². The number of halogens is 1. The number of hydrogen-bond donors (Lipinski definition) is 0. The molecular weight excluding hydrogens is 1210 g/mol. The number of nitrogens with zero attached hydrogens (tertiary/aromatic N) is 10. The molecule has 0 atom stereocenters. The zero-order valence-electron chi connectivity index (χ0n) is 48.4. The van der Waals surface area contributed by atoms with Crippen molar-refractivity contribution in [2.24, 2.45) is 0 Å². The van der Waals surface area contributed by atoms with Gasteiger partial charge in [0.15, 0.2) is 16.9 Å². The third-order valence-corrected chi connectivity index (χ3v) is 20.6. The molecule has 0 spiro atoms. The Kier molecular flexibility index (Phi) is 19.8. The van der Waals surface area contributed by atoms with Crippen LogP contribution >= 0.6 is 11.6 Å². The molecule has 0 aliphatic carbocycles. The fourth-order valence-electron chi connectivity index (χ4n) is 10.4. The number of furan rings is 2. The summed E-state index contributed by atoms with van der Waals surface area (Å²) in [6, 6.07) is 18.5. The molecule has 0 radical (unpaired) electrons. The van der Waals surface area contributed by atoms with Gasteiger partial charge in [-0.15, -0.1) is 0 Å². The minimum atomic E-state index is -2.22. The molecule has 4 fully saturated rings. The van der Waals surface area contributed by atoms with E-state index in [9.17, 15) is 20.1 Å². The molecule has 0 unspecified atom stereocenters. The van der Waals surface area contributed by atoms with Gasteiger partial charge < -0.3 is 37.6 Å². The summed E-state index contributed by atoms with van der Waals surface area (Å²) in [7, 11) is 3.11. The number of pyridine rings is 6. The first-order chi connectivity index (χ1) is 41.3. The van der Waals surface area contributed by atoms with Crippen LogP contribution in [0.5, 0.6) is 23.0 Å². The zero-order valence-corrected chi connectivity index (χ0v) is 52.0. The molecule has 12 heterocycles. The Balaban J connectivity index is 0.000000153. The van der Waals surface area contributed by atoms with E-state index in [1.807, 2.05) is 15.9 Å². The summed E-state index contributed by atoms with van der Waals surface area (Å²) in [5.74, 6) is 2.96. The van der Waals surface area contributed by atoms with Crippen LogP contribution in [0.3, 0.4) is 0 Å². The van der Waals surface area contributed by atoms with Crippen LogP contribution in [0.1, 0.15) is 96.3 Å². The van der Waals surface area contributed by atoms with Crippen molar-refractivity contribution >= 4 is 67.7 Å². The Morgan fingerprint density at radius 1 is 0.565 bits per heavy atom. The molecule has 4 aliphatic rings. The van der Waals surface area contributed by atoms with Crippen molar-refractivity contribution < 1.29 is 46.8 Å². The maximum absolute atomic E-state index is 13.0. The molecule has 2 amide bonds. The van der Waals surface area contributed by atoms with Crippen molar-refractivity contribution in [3.63, 3.8) is 0 Å². The molecule has 4 aliphatic heterocycles. The molecule has 8 aromatic rings. The number of methoxy groups -OCH3 is 2. The molecule has 0 aromatic carbocycles. The Morgan fingerprint density at radius 3 is 1.52 bits per heavy atom. The fourth-order valence-corrected chi connectivity index (χ4v) is 13.5. The standard InChI is InChI=1S/C30H29N5O5.C19H18ClN3O3.C11H11N2O2.3CH3.Sn/c1-37-26-15-25(30(36)35-9-3-2-4-10-35)33-17-22(26)27-14-24-29(40-27)21(5-8-32-24)23-13-19(16-31)28(18-34-23)39-20-6-11-38-12-7-20;1-25-16-10-15(19(24)23-7-3-2-4-8-23)22-11-12(16)17-9-14-18(26-17)13(20)5-6-21-14;12-7-9-1-4-13-8-11(9)15-10-2-5-14-6-3-10;;;;/h5,8,13-15,17-18,20H,2-4,6-7,9-12H2,1H3;5-6,9-11H,2-4,7-8H2,1H3;1,8,10H,2-3,5-6H2;3*1H3;. The predicted molar refractivity (Wildman–Crippen MR) is 321 cm³/mol. The molecule has 4 saturated heterocycles. The molecule has 0 saturated carbocycles. The number of hydrogen-bond acceptors (Lipinski definition) is 18. The third-order valence-electron chi connectivity index (χ3n) is 15.1. The van der Waals surface area contributed by atoms with Gasteiger partial charge in [0, 0.05) is 93.6 Å². The second-order valence-corrected chi connectivity index (χ2v) is 36.7. The maximum atomic E-state index is 13.0. The van der Waals surface area contributed by atoms with Crippen molar-refractivity contribution in [1.29, 1.82) is 10.5 Å². The van der Waals surface area contributed by atoms with Crippen LogP contribution in [-0.4, -0.2) is 149 Å². The number of rotatable bonds is 12. The van der Waals surface area contributed by atoms with E-state index in [2.05, 4.69) is 56.9 Å². The number of fused-ring (bicyclic) bond motifs is 2. The Bertz CT molecular complexity index is 3760. The SMILES string of the molecule is COc1cc(C(=O)N2CCCCC2)ncc1-c1cc2nccc(-c3cc(C#N)c(OC4CCOCC4)cn3)c2o1.COc1cc(C(=O)N2CCCCC2)ncc1-c1cc2nccc(Cl)c2o1.[CH3][Sn]([CH3])([CH3])[c]1cc(C#N)c(OC2CCOCC2)cn1. The topological polar surface area (TPSA) is 247 Å². The monoisotopic (exact) mass is 1280 g/mol. The van der Waals surface area contributed by atoms with Crippen LogP contribution < -0.4 is 22.7 Å². The second kappa shape index (κ2) is 27.9. The summed E-state index contributed by atoms with van der Waals surface area (Å²) in [6.07, 6.45) is 19.7. The van der Waals surface area contributed by atoms with E-state index < -0.39 is 18.4 Å². The number of likely N-dealkylation sites (tertiary alicyclic amines) is 2. The summed E-state index contributed by atoms with van der Waals surface area (Å²) >= 11 is 3.93. The van der Waals surface area contributed by atoms with E-state index in [0.29, 0.717) is 120 Å². The molecular formula is C63H67ClN10O10Sn. The van der Waals surface area contributed by atoms with E-state index in [1.165, 1.54) is 6.42 Å². The van der Waals surface area contributed by atoms with Gasteiger partial charge in [-0.1, -0.05) is 11.6 Å². The molecule has 0 bridgehead atoms. The van der Waals surface area contributed by atoms with Gasteiger partial charge in [-0.05, 0) is 56.7 Å². The molecule has 12 rings (SSSR count). The molecule has 22 heteroatoms. The van der Waals surface area contributed by atoms with E-state index in [-0.39, 0.29) is 24.0 Å². The van der Waals surface area contributed by atoms with Crippen molar-refractivity contribution in [2.45, 2.75) is 91.2 Å². The van der Waals surface area contributed by atoms with Crippen molar-refractivity contribution in [3.05, 3.63) is 113 Å². The van der Waals surface area contributed by atoms with Gasteiger partial charge in [0.25, 0.3) is 11.8 Å². The summed E-state index contributed by atoms with van der Waals surface area (Å²) in [5.41, 5.74) is 6.54. The van der Waals surface area contributed by atoms with Gasteiger partial charge in [-0.2, -0.15) is 5.26 Å². The van der Waals surface area contributed by atoms with E-state index >= 15 is 0 Å². The van der Waals surface area contributed by atoms with Gasteiger partial charge >= 0.3 is 118 Å². The van der Waals surface area contributed by atoms with Gasteiger partial charge in [0.1, 0.15) is 57.6 Å². The predicted octanol–water partition coefficient (Wildman–Crippen LogP) is 11.3. The average molecular weight is 1280 g/mol. The average Bonchev–Trinajstić information content (AvgIpc) is 4.41. The molecule has 20 nitrogen and oxygen atoms in total. The summed E-state index contributed by atoms with van der Waals surface area (Å²) in [4.78, 5) is 62.8. The number of amides is 2. The van der Waals surface area contributed by atoms with E-state index in [1.54, 1.807) is 93.9 Å². The molecule has 85 heavy (non-hydrogen) atoms. The summed E-state index contributed by atoms with van der Waals surface area (Å²) in [5, 5.41) is 19.6. The Labute approximate surface area is 502 Å². The normalized spacial score (nSPS) is 15.8. The Hall–Kier alpha value is -7.89. The van der Waals surface area contributed by atoms with Crippen molar-refractivity contribution in [2.75, 3.05) is 66.8 Å². The second-order valence-electron chi connectivity index (χ2n) is 22.0. The minimum absolute atomic E-state index is 0.00103. The van der Waals surface area contributed by atoms with E-state index in [4.69, 9.17) is 48.9 Å². The number of carbonyl (C=O) groups excluding carboxylic acids is 2. The quantitative estimate of drug-likeness (QED) is 0.103. The first-order valence-corrected chi connectivity index (χ1v) is 39.1. The molecule has 440 valence electrons. The molecule has 0 N–H and O–H groups in total. The molecule has 8 aromatic heterocycles. The summed E-state index contributed by atoms with van der Waals surface area (Å²) in [6.45, 7) is 5.79. The van der Waals surface area contributed by atoms with Gasteiger partial charge in [0.2, 0.25) is 0 Å². The van der Waals surface area contributed by atoms with Crippen LogP contribution in [-0.2, 0) is 9.47 Å². The number of ether oxygens (including phenoxy) is 6. The first kappa shape index (κ1) is 60.2. The summed E-state index contributed by atoms with van der Waals surface area (Å²) < 4.78 is 47.0. The van der Waals surface area contributed by atoms with Crippen LogP contribution in [0.4, 0.5) is 0 Å². The first-order valence-electron chi connectivity index (χ1n) is 28.7.